The minimum absolute atomic E-state index is 0.0128. The third-order valence-electron chi connectivity index (χ3n) is 3.47. The summed E-state index contributed by atoms with van der Waals surface area (Å²) in [6, 6.07) is 6.30. The first-order valence-electron chi connectivity index (χ1n) is 7.62. The highest BCUT2D eigenvalue weighted by Crippen LogP contribution is 2.27. The van der Waals surface area contributed by atoms with Crippen LogP contribution in [0.15, 0.2) is 39.3 Å². The summed E-state index contributed by atoms with van der Waals surface area (Å²) in [7, 11) is -3.67. The number of rotatable bonds is 7. The molecule has 3 aromatic rings. The van der Waals surface area contributed by atoms with Crippen LogP contribution in [0.4, 0.5) is 14.5 Å². The Morgan fingerprint density at radius 1 is 1.26 bits per heavy atom. The Morgan fingerprint density at radius 3 is 2.67 bits per heavy atom. The molecule has 0 aliphatic rings. The number of alkyl halides is 2. The predicted octanol–water partition coefficient (Wildman–Crippen LogP) is 3.67. The summed E-state index contributed by atoms with van der Waals surface area (Å²) in [5, 5.41) is 7.02. The maximum atomic E-state index is 12.5. The number of benzene rings is 1. The van der Waals surface area contributed by atoms with Crippen LogP contribution >= 0.6 is 11.6 Å². The van der Waals surface area contributed by atoms with E-state index in [9.17, 15) is 17.2 Å². The summed E-state index contributed by atoms with van der Waals surface area (Å²) in [5.74, 6) is -1.33. The van der Waals surface area contributed by atoms with Gasteiger partial charge in [0.1, 0.15) is 6.54 Å². The predicted molar refractivity (Wildman–Crippen MR) is 91.8 cm³/mol. The van der Waals surface area contributed by atoms with Gasteiger partial charge in [0.05, 0.1) is 17.6 Å². The van der Waals surface area contributed by atoms with Gasteiger partial charge in [-0.15, -0.1) is 10.2 Å². The Kier molecular flexibility index (Phi) is 5.42. The van der Waals surface area contributed by atoms with Crippen LogP contribution in [0.2, 0.25) is 5.02 Å². The summed E-state index contributed by atoms with van der Waals surface area (Å²) < 4.78 is 61.3. The van der Waals surface area contributed by atoms with Crippen LogP contribution < -0.4 is 4.31 Å². The normalized spacial score (nSPS) is 11.9. The number of hydrogen-bond donors (Lipinski definition) is 0. The van der Waals surface area contributed by atoms with Gasteiger partial charge in [0.15, 0.2) is 0 Å². The van der Waals surface area contributed by atoms with Gasteiger partial charge in [-0.25, -0.2) is 13.4 Å². The molecule has 27 heavy (non-hydrogen) atoms. The molecular formula is C15H13ClF2N4O4S. The molecule has 2 heterocycles. The van der Waals surface area contributed by atoms with E-state index in [2.05, 4.69) is 15.2 Å². The number of oxazole rings is 1. The average molecular weight is 419 g/mol. The minimum Gasteiger partial charge on any atom is -0.434 e. The lowest BCUT2D eigenvalue weighted by Crippen LogP contribution is -2.31. The molecule has 0 aliphatic carbocycles. The minimum atomic E-state index is -3.67. The Bertz CT molecular complexity index is 1040. The van der Waals surface area contributed by atoms with Gasteiger partial charge < -0.3 is 8.83 Å². The van der Waals surface area contributed by atoms with Gasteiger partial charge in [-0.1, -0.05) is 17.7 Å². The molecule has 0 N–H and O–H groups in total. The molecule has 0 unspecified atom stereocenters. The second-order valence-electron chi connectivity index (χ2n) is 5.25. The molecule has 8 nitrogen and oxygen atoms in total. The molecule has 1 aromatic carbocycles. The van der Waals surface area contributed by atoms with E-state index in [1.165, 1.54) is 19.2 Å². The number of halogens is 3. The summed E-state index contributed by atoms with van der Waals surface area (Å²) in [6.07, 6.45) is -1.73. The van der Waals surface area contributed by atoms with Crippen molar-refractivity contribution in [3.8, 4) is 11.7 Å². The molecule has 0 saturated carbocycles. The van der Waals surface area contributed by atoms with E-state index in [0.29, 0.717) is 10.7 Å². The zero-order valence-corrected chi connectivity index (χ0v) is 15.4. The zero-order valence-electron chi connectivity index (χ0n) is 13.8. The van der Waals surface area contributed by atoms with Crippen LogP contribution in [-0.2, 0) is 16.6 Å². The lowest BCUT2D eigenvalue weighted by atomic mass is 10.3. The van der Waals surface area contributed by atoms with Gasteiger partial charge in [-0.05, 0) is 25.1 Å². The number of sulfonamides is 1. The van der Waals surface area contributed by atoms with Crippen molar-refractivity contribution < 1.29 is 26.0 Å². The van der Waals surface area contributed by atoms with Crippen LogP contribution in [0.1, 0.15) is 25.1 Å². The Morgan fingerprint density at radius 2 is 2.04 bits per heavy atom. The molecule has 0 amide bonds. The summed E-state index contributed by atoms with van der Waals surface area (Å²) in [5.41, 5.74) is 0.335. The molecule has 0 saturated heterocycles. The Labute approximate surface area is 157 Å². The van der Waals surface area contributed by atoms with Gasteiger partial charge in [0.2, 0.25) is 21.7 Å². The van der Waals surface area contributed by atoms with Crippen molar-refractivity contribution in [3.63, 3.8) is 0 Å². The third kappa shape index (κ3) is 4.25. The molecule has 12 heteroatoms. The van der Waals surface area contributed by atoms with Gasteiger partial charge >= 0.3 is 6.43 Å². The molecule has 0 atom stereocenters. The number of nitrogens with zero attached hydrogens (tertiary/aromatic N) is 4. The highest BCUT2D eigenvalue weighted by atomic mass is 35.5. The van der Waals surface area contributed by atoms with Crippen molar-refractivity contribution in [2.45, 2.75) is 19.9 Å². The standard InChI is InChI=1S/C15H13ClF2N4O4S/c1-2-27(23,24)22(10-5-3-4-9(16)6-10)8-12-19-7-11(25-12)14-20-21-15(26-14)13(17)18/h3-7,13H,2,8H2,1H3. The number of aromatic nitrogens is 3. The molecule has 0 aliphatic heterocycles. The van der Waals surface area contributed by atoms with Crippen molar-refractivity contribution in [2.24, 2.45) is 0 Å². The Hall–Kier alpha value is -2.53. The van der Waals surface area contributed by atoms with E-state index in [1.807, 2.05) is 0 Å². The molecule has 2 aromatic heterocycles. The number of hydrogen-bond acceptors (Lipinski definition) is 7. The van der Waals surface area contributed by atoms with E-state index in [4.69, 9.17) is 20.4 Å². The molecular weight excluding hydrogens is 406 g/mol. The first-order valence-corrected chi connectivity index (χ1v) is 9.61. The number of anilines is 1. The van der Waals surface area contributed by atoms with Crippen LogP contribution in [0, 0.1) is 0 Å². The van der Waals surface area contributed by atoms with E-state index in [0.717, 1.165) is 4.31 Å². The van der Waals surface area contributed by atoms with Crippen molar-refractivity contribution in [2.75, 3.05) is 10.1 Å². The maximum Gasteiger partial charge on any atom is 0.314 e. The summed E-state index contributed by atoms with van der Waals surface area (Å²) in [4.78, 5) is 3.96. The van der Waals surface area contributed by atoms with E-state index in [1.54, 1.807) is 18.2 Å². The van der Waals surface area contributed by atoms with Gasteiger partial charge in [0, 0.05) is 5.02 Å². The second-order valence-corrected chi connectivity index (χ2v) is 7.87. The first-order chi connectivity index (χ1) is 12.8. The van der Waals surface area contributed by atoms with E-state index in [-0.39, 0.29) is 29.8 Å². The van der Waals surface area contributed by atoms with Crippen molar-refractivity contribution >= 4 is 27.3 Å². The topological polar surface area (TPSA) is 102 Å². The van der Waals surface area contributed by atoms with Gasteiger partial charge in [0.25, 0.3) is 11.8 Å². The SMILES string of the molecule is CCS(=O)(=O)N(Cc1ncc(-c2nnc(C(F)F)o2)o1)c1cccc(Cl)c1. The van der Waals surface area contributed by atoms with Crippen LogP contribution in [0.25, 0.3) is 11.7 Å². The fraction of sp³-hybridized carbons (Fsp3) is 0.267. The van der Waals surface area contributed by atoms with Crippen molar-refractivity contribution in [1.29, 1.82) is 0 Å². The Balaban J connectivity index is 1.89. The van der Waals surface area contributed by atoms with Crippen LogP contribution in [-0.4, -0.2) is 29.4 Å². The highest BCUT2D eigenvalue weighted by Gasteiger charge is 2.25. The molecule has 0 radical (unpaired) electrons. The molecule has 0 fully saturated rings. The fourth-order valence-corrected chi connectivity index (χ4v) is 3.40. The van der Waals surface area contributed by atoms with E-state index < -0.39 is 22.3 Å². The monoisotopic (exact) mass is 418 g/mol. The highest BCUT2D eigenvalue weighted by molar-refractivity contribution is 7.92. The molecule has 144 valence electrons. The lowest BCUT2D eigenvalue weighted by Gasteiger charge is -2.22. The van der Waals surface area contributed by atoms with Crippen LogP contribution in [0.5, 0.6) is 0 Å². The van der Waals surface area contributed by atoms with Crippen molar-refractivity contribution in [1.82, 2.24) is 15.2 Å². The van der Waals surface area contributed by atoms with Gasteiger partial charge in [-0.2, -0.15) is 8.78 Å². The fourth-order valence-electron chi connectivity index (χ4n) is 2.16. The molecule has 3 rings (SSSR count). The first kappa shape index (κ1) is 19.2. The lowest BCUT2D eigenvalue weighted by molar-refractivity contribution is 0.115. The van der Waals surface area contributed by atoms with Crippen LogP contribution in [0.3, 0.4) is 0 Å². The van der Waals surface area contributed by atoms with Crippen molar-refractivity contribution in [3.05, 3.63) is 47.3 Å². The summed E-state index contributed by atoms with van der Waals surface area (Å²) in [6.45, 7) is 1.27. The molecule has 0 bridgehead atoms. The average Bonchev–Trinajstić information content (AvgIpc) is 3.28. The maximum absolute atomic E-state index is 12.5. The largest absolute Gasteiger partial charge is 0.434 e. The van der Waals surface area contributed by atoms with Gasteiger partial charge in [-0.3, -0.25) is 4.31 Å². The second kappa shape index (κ2) is 7.61. The zero-order chi connectivity index (χ0) is 19.6. The third-order valence-corrected chi connectivity index (χ3v) is 5.44. The summed E-state index contributed by atoms with van der Waals surface area (Å²) >= 11 is 5.95. The quantitative estimate of drug-likeness (QED) is 0.576. The molecule has 0 spiro atoms. The smallest absolute Gasteiger partial charge is 0.314 e. The van der Waals surface area contributed by atoms with E-state index >= 15 is 0 Å².